The van der Waals surface area contributed by atoms with E-state index in [-0.39, 0.29) is 27.5 Å². The number of thioether (sulfide) groups is 2. The van der Waals surface area contributed by atoms with Gasteiger partial charge in [-0.25, -0.2) is 9.78 Å². The molecule has 3 aliphatic rings. The van der Waals surface area contributed by atoms with Crippen molar-refractivity contribution in [3.05, 3.63) is 21.7 Å². The fraction of sp³-hybridized carbons (Fsp3) is 0.500. The van der Waals surface area contributed by atoms with Crippen LogP contribution in [0.4, 0.5) is 5.13 Å². The van der Waals surface area contributed by atoms with Crippen molar-refractivity contribution in [3.63, 3.8) is 0 Å². The Hall–Kier alpha value is -2.29. The molecular weight excluding hydrogens is 478 g/mol. The molecule has 0 radical (unpaired) electrons. The summed E-state index contributed by atoms with van der Waals surface area (Å²) in [5.74, 6) is -1.83. The highest BCUT2D eigenvalue weighted by Crippen LogP contribution is 2.45. The molecule has 2 atom stereocenters. The first-order valence-corrected chi connectivity index (χ1v) is 12.5. The van der Waals surface area contributed by atoms with Crippen LogP contribution in [0.3, 0.4) is 0 Å². The Kier molecular flexibility index (Phi) is 6.93. The first-order chi connectivity index (χ1) is 15.4. The first kappa shape index (κ1) is 22.9. The summed E-state index contributed by atoms with van der Waals surface area (Å²) >= 11 is 4.07. The predicted octanol–water partition coefficient (Wildman–Crippen LogP) is 0.684. The van der Waals surface area contributed by atoms with E-state index in [2.05, 4.69) is 15.5 Å². The van der Waals surface area contributed by atoms with Gasteiger partial charge in [0.05, 0.1) is 0 Å². The number of thiazole rings is 1. The lowest BCUT2D eigenvalue weighted by molar-refractivity contribution is -0.150. The maximum Gasteiger partial charge on any atom is 0.353 e. The molecule has 0 aliphatic carbocycles. The molecule has 172 valence electrons. The molecule has 2 unspecified atom stereocenters. The number of hydrogen-bond donors (Lipinski definition) is 3. The van der Waals surface area contributed by atoms with Crippen LogP contribution in [0.5, 0.6) is 0 Å². The van der Waals surface area contributed by atoms with Crippen molar-refractivity contribution in [1.29, 1.82) is 0 Å². The number of carbonyl (C=O) groups excluding carboxylic acids is 2. The molecule has 4 heterocycles. The summed E-state index contributed by atoms with van der Waals surface area (Å²) in [4.78, 5) is 48.4. The van der Waals surface area contributed by atoms with Crippen LogP contribution in [0.15, 0.2) is 21.1 Å². The number of rotatable bonds is 7. The summed E-state index contributed by atoms with van der Waals surface area (Å²) in [6.07, 6.45) is 1.68. The normalized spacial score (nSPS) is 24.1. The average molecular weight is 500 g/mol. The van der Waals surface area contributed by atoms with Gasteiger partial charge in [0.15, 0.2) is 10.8 Å². The molecule has 2 amide bonds. The van der Waals surface area contributed by atoms with Gasteiger partial charge in [-0.05, 0) is 12.8 Å². The van der Waals surface area contributed by atoms with E-state index < -0.39 is 29.2 Å². The SMILES string of the molecule is CO/N=C(\C(=O)NC1C(=O)N2C(C(=O)O)=C(SC3CCOCC3)CSC12)c1csc(N)n1. The molecule has 2 saturated heterocycles. The lowest BCUT2D eigenvalue weighted by atomic mass is 10.0. The van der Waals surface area contributed by atoms with Crippen LogP contribution in [0.2, 0.25) is 0 Å². The fourth-order valence-electron chi connectivity index (χ4n) is 3.58. The number of carboxylic acids is 1. The molecular formula is C18H21N5O6S3. The second-order valence-corrected chi connectivity index (χ2v) is 10.5. The maximum atomic E-state index is 12.9. The monoisotopic (exact) mass is 499 g/mol. The van der Waals surface area contributed by atoms with Crippen molar-refractivity contribution in [2.75, 3.05) is 31.8 Å². The second kappa shape index (κ2) is 9.68. The van der Waals surface area contributed by atoms with E-state index >= 15 is 0 Å². The fourth-order valence-corrected chi connectivity index (χ4v) is 6.92. The molecule has 4 N–H and O–H groups in total. The molecule has 32 heavy (non-hydrogen) atoms. The van der Waals surface area contributed by atoms with Gasteiger partial charge in [0.25, 0.3) is 11.8 Å². The highest BCUT2D eigenvalue weighted by molar-refractivity contribution is 8.06. The van der Waals surface area contributed by atoms with Crippen LogP contribution >= 0.6 is 34.9 Å². The average Bonchev–Trinajstić information content (AvgIpc) is 3.21. The maximum absolute atomic E-state index is 12.9. The van der Waals surface area contributed by atoms with Crippen molar-refractivity contribution >= 4 is 63.5 Å². The number of oxime groups is 1. The Morgan fingerprint density at radius 2 is 2.19 bits per heavy atom. The summed E-state index contributed by atoms with van der Waals surface area (Å²) < 4.78 is 5.37. The second-order valence-electron chi connectivity index (χ2n) is 7.06. The zero-order valence-corrected chi connectivity index (χ0v) is 19.4. The standard InChI is InChI=1S/C18H21N5O6S3/c1-28-22-11(9-6-31-18(19)20-9)14(24)21-12-15(25)23-13(17(26)27)10(7-30-16(12)23)32-8-2-4-29-5-3-8/h6,8,12,16H,2-5,7H2,1H3,(H2,19,20)(H,21,24)(H,26,27)/b22-11-. The lowest BCUT2D eigenvalue weighted by Crippen LogP contribution is -2.71. The number of hydrogen-bond acceptors (Lipinski definition) is 11. The third-order valence-electron chi connectivity index (χ3n) is 5.06. The Morgan fingerprint density at radius 3 is 2.81 bits per heavy atom. The molecule has 3 aliphatic heterocycles. The number of aromatic nitrogens is 1. The van der Waals surface area contributed by atoms with Crippen molar-refractivity contribution in [2.45, 2.75) is 29.5 Å². The molecule has 0 aromatic carbocycles. The third kappa shape index (κ3) is 4.44. The van der Waals surface area contributed by atoms with E-state index in [1.807, 2.05) is 0 Å². The molecule has 11 nitrogen and oxygen atoms in total. The van der Waals surface area contributed by atoms with Gasteiger partial charge in [0.1, 0.15) is 29.9 Å². The van der Waals surface area contributed by atoms with Gasteiger partial charge < -0.3 is 25.7 Å². The molecule has 0 spiro atoms. The van der Waals surface area contributed by atoms with E-state index in [4.69, 9.17) is 15.3 Å². The van der Waals surface area contributed by atoms with Crippen LogP contribution in [-0.4, -0.2) is 81.2 Å². The molecule has 2 fully saturated rings. The number of anilines is 1. The topological polar surface area (TPSA) is 156 Å². The summed E-state index contributed by atoms with van der Waals surface area (Å²) in [7, 11) is 1.29. The Bertz CT molecular complexity index is 990. The van der Waals surface area contributed by atoms with Gasteiger partial charge in [-0.15, -0.1) is 34.9 Å². The summed E-state index contributed by atoms with van der Waals surface area (Å²) in [5, 5.41) is 17.7. The number of nitrogens with two attached hydrogens (primary N) is 1. The van der Waals surface area contributed by atoms with Crippen molar-refractivity contribution < 1.29 is 29.1 Å². The molecule has 4 rings (SSSR count). The van der Waals surface area contributed by atoms with E-state index in [0.29, 0.717) is 23.9 Å². The number of aliphatic carboxylic acids is 1. The number of carboxylic acid groups (broad SMARTS) is 1. The van der Waals surface area contributed by atoms with E-state index in [0.717, 1.165) is 24.2 Å². The minimum Gasteiger partial charge on any atom is -0.477 e. The van der Waals surface area contributed by atoms with Crippen molar-refractivity contribution in [1.82, 2.24) is 15.2 Å². The highest BCUT2D eigenvalue weighted by atomic mass is 32.2. The Labute approximate surface area is 195 Å². The van der Waals surface area contributed by atoms with Crippen LogP contribution in [0, 0.1) is 0 Å². The smallest absolute Gasteiger partial charge is 0.353 e. The zero-order chi connectivity index (χ0) is 22.8. The van der Waals surface area contributed by atoms with Gasteiger partial charge in [-0.2, -0.15) is 0 Å². The predicted molar refractivity (Wildman–Crippen MR) is 121 cm³/mol. The highest BCUT2D eigenvalue weighted by Gasteiger charge is 2.54. The van der Waals surface area contributed by atoms with Gasteiger partial charge in [-0.3, -0.25) is 14.5 Å². The molecule has 1 aromatic heterocycles. The number of nitrogens with one attached hydrogen (secondary N) is 1. The van der Waals surface area contributed by atoms with E-state index in [1.165, 1.54) is 35.5 Å². The minimum atomic E-state index is -1.15. The van der Waals surface area contributed by atoms with Gasteiger partial charge in [0, 0.05) is 34.5 Å². The quantitative estimate of drug-likeness (QED) is 0.277. The minimum absolute atomic E-state index is 0.00111. The number of carbonyl (C=O) groups is 3. The van der Waals surface area contributed by atoms with Crippen molar-refractivity contribution in [2.24, 2.45) is 5.16 Å². The van der Waals surface area contributed by atoms with Crippen LogP contribution in [0.25, 0.3) is 0 Å². The third-order valence-corrected chi connectivity index (χ3v) is 8.63. The molecule has 0 bridgehead atoms. The van der Waals surface area contributed by atoms with Crippen LogP contribution in [0.1, 0.15) is 18.5 Å². The number of amides is 2. The molecule has 14 heteroatoms. The van der Waals surface area contributed by atoms with Gasteiger partial charge in [-0.1, -0.05) is 5.16 Å². The summed E-state index contributed by atoms with van der Waals surface area (Å²) in [6.45, 7) is 1.30. The first-order valence-electron chi connectivity index (χ1n) is 9.69. The number of β-lactam (4-membered cyclic amide) rings is 1. The molecule has 0 saturated carbocycles. The summed E-state index contributed by atoms with van der Waals surface area (Å²) in [6, 6.07) is -0.880. The number of nitrogens with zero attached hydrogens (tertiary/aromatic N) is 3. The summed E-state index contributed by atoms with van der Waals surface area (Å²) in [5.41, 5.74) is 5.75. The van der Waals surface area contributed by atoms with Gasteiger partial charge >= 0.3 is 5.97 Å². The largest absolute Gasteiger partial charge is 0.477 e. The van der Waals surface area contributed by atoms with Crippen LogP contribution < -0.4 is 11.1 Å². The van der Waals surface area contributed by atoms with Crippen LogP contribution in [-0.2, 0) is 24.0 Å². The number of nitrogen functional groups attached to an aromatic ring is 1. The zero-order valence-electron chi connectivity index (χ0n) is 17.0. The molecule has 1 aromatic rings. The van der Waals surface area contributed by atoms with Crippen molar-refractivity contribution in [3.8, 4) is 0 Å². The van der Waals surface area contributed by atoms with E-state index in [1.54, 1.807) is 5.38 Å². The lowest BCUT2D eigenvalue weighted by Gasteiger charge is -2.49. The Morgan fingerprint density at radius 1 is 1.44 bits per heavy atom. The van der Waals surface area contributed by atoms with E-state index in [9.17, 15) is 19.5 Å². The van der Waals surface area contributed by atoms with Gasteiger partial charge in [0.2, 0.25) is 0 Å². The number of fused-ring (bicyclic) bond motifs is 1. The number of ether oxygens (including phenoxy) is 1. The Balaban J connectivity index is 1.49.